The molecule has 0 spiro atoms. The molecule has 0 aliphatic carbocycles. The topological polar surface area (TPSA) is 79.0 Å². The molecule has 26 heavy (non-hydrogen) atoms. The molecule has 9 heteroatoms. The highest BCUT2D eigenvalue weighted by atomic mass is 35.5. The summed E-state index contributed by atoms with van der Waals surface area (Å²) in [4.78, 5) is 29.2. The van der Waals surface area contributed by atoms with E-state index in [1.165, 1.54) is 10.8 Å². The Morgan fingerprint density at radius 3 is 2.85 bits per heavy atom. The number of hydrogen-bond donors (Lipinski definition) is 0. The van der Waals surface area contributed by atoms with Gasteiger partial charge >= 0.3 is 11.7 Å². The summed E-state index contributed by atoms with van der Waals surface area (Å²) < 4.78 is 21.9. The van der Waals surface area contributed by atoms with Crippen LogP contribution in [-0.4, -0.2) is 30.9 Å². The van der Waals surface area contributed by atoms with Gasteiger partial charge in [0.2, 0.25) is 0 Å². The normalized spacial score (nSPS) is 17.0. The van der Waals surface area contributed by atoms with Crippen LogP contribution in [0.3, 0.4) is 0 Å². The fourth-order valence-electron chi connectivity index (χ4n) is 2.93. The van der Waals surface area contributed by atoms with Gasteiger partial charge in [0.15, 0.2) is 0 Å². The Kier molecular flexibility index (Phi) is 4.88. The summed E-state index contributed by atoms with van der Waals surface area (Å²) >= 11 is 5.70. The maximum atomic E-state index is 14.0. The van der Waals surface area contributed by atoms with E-state index in [0.29, 0.717) is 25.1 Å². The number of aryl methyl sites for hydroxylation is 1. The molecule has 0 aromatic carbocycles. The van der Waals surface area contributed by atoms with E-state index >= 15 is 0 Å². The first kappa shape index (κ1) is 18.6. The average molecular weight is 383 g/mol. The summed E-state index contributed by atoms with van der Waals surface area (Å²) in [7, 11) is 0. The molecule has 0 saturated heterocycles. The van der Waals surface area contributed by atoms with Gasteiger partial charge in [-0.1, -0.05) is 11.6 Å². The third-order valence-electron chi connectivity index (χ3n) is 3.99. The predicted octanol–water partition coefficient (Wildman–Crippen LogP) is 2.50. The maximum Gasteiger partial charge on any atom is 0.347 e. The summed E-state index contributed by atoms with van der Waals surface area (Å²) in [5.41, 5.74) is -1.07. The molecule has 7 nitrogen and oxygen atoms in total. The Morgan fingerprint density at radius 1 is 1.46 bits per heavy atom. The van der Waals surface area contributed by atoms with Gasteiger partial charge in [-0.3, -0.25) is 9.55 Å². The minimum atomic E-state index is -0.720. The lowest BCUT2D eigenvalue weighted by molar-refractivity contribution is -0.159. The van der Waals surface area contributed by atoms with Crippen molar-refractivity contribution in [3.8, 4) is 0 Å². The fraction of sp³-hybridized carbons (Fsp3) is 0.529. The molecule has 3 heterocycles. The number of halogens is 2. The van der Waals surface area contributed by atoms with Gasteiger partial charge in [-0.2, -0.15) is 5.10 Å². The highest BCUT2D eigenvalue weighted by Gasteiger charge is 2.33. The highest BCUT2D eigenvalue weighted by Crippen LogP contribution is 2.25. The van der Waals surface area contributed by atoms with E-state index in [1.54, 1.807) is 20.8 Å². The van der Waals surface area contributed by atoms with E-state index < -0.39 is 29.1 Å². The Morgan fingerprint density at radius 2 is 2.19 bits per heavy atom. The number of carbonyl (C=O) groups excluding carboxylic acids is 1. The number of pyridine rings is 1. The molecule has 140 valence electrons. The Labute approximate surface area is 154 Å². The largest absolute Gasteiger partial charge is 0.458 e. The molecule has 2 aromatic rings. The third-order valence-corrected chi connectivity index (χ3v) is 4.20. The van der Waals surface area contributed by atoms with Crippen LogP contribution in [-0.2, 0) is 22.5 Å². The van der Waals surface area contributed by atoms with E-state index in [0.717, 1.165) is 10.7 Å². The van der Waals surface area contributed by atoms with Crippen molar-refractivity contribution in [2.24, 2.45) is 0 Å². The minimum Gasteiger partial charge on any atom is -0.458 e. The Bertz CT molecular complexity index is 900. The van der Waals surface area contributed by atoms with E-state index in [-0.39, 0.29) is 17.3 Å². The molecule has 0 fully saturated rings. The van der Waals surface area contributed by atoms with Gasteiger partial charge < -0.3 is 4.74 Å². The van der Waals surface area contributed by atoms with Gasteiger partial charge in [0.25, 0.3) is 0 Å². The van der Waals surface area contributed by atoms with Gasteiger partial charge in [-0.15, -0.1) is 0 Å². The average Bonchev–Trinajstić information content (AvgIpc) is 2.85. The highest BCUT2D eigenvalue weighted by molar-refractivity contribution is 6.30. The van der Waals surface area contributed by atoms with Crippen molar-refractivity contribution >= 4 is 17.6 Å². The zero-order valence-electron chi connectivity index (χ0n) is 14.8. The van der Waals surface area contributed by atoms with Crippen LogP contribution in [0, 0.1) is 5.82 Å². The number of hydrogen-bond acceptors (Lipinski definition) is 5. The SMILES string of the molecule is CC(C)(C)OC(=O)[C@@H]1CCCc2nn(Cc3ncc(Cl)cc3F)c(=O)n21. The van der Waals surface area contributed by atoms with Crippen LogP contribution < -0.4 is 5.69 Å². The molecule has 3 rings (SSSR count). The lowest BCUT2D eigenvalue weighted by atomic mass is 10.0. The first-order valence-electron chi connectivity index (χ1n) is 8.37. The molecule has 1 aliphatic heterocycles. The van der Waals surface area contributed by atoms with Crippen molar-refractivity contribution in [3.63, 3.8) is 0 Å². The fourth-order valence-corrected chi connectivity index (χ4v) is 3.07. The van der Waals surface area contributed by atoms with Gasteiger partial charge in [0.1, 0.15) is 23.3 Å². The van der Waals surface area contributed by atoms with Crippen LogP contribution in [0.1, 0.15) is 51.2 Å². The Hall–Kier alpha value is -2.22. The lowest BCUT2D eigenvalue weighted by Crippen LogP contribution is -2.38. The Balaban J connectivity index is 1.92. The number of rotatable bonds is 3. The first-order valence-corrected chi connectivity index (χ1v) is 8.74. The number of fused-ring (bicyclic) bond motifs is 1. The summed E-state index contributed by atoms with van der Waals surface area (Å²) in [5.74, 6) is -0.582. The van der Waals surface area contributed by atoms with Crippen LogP contribution in [0.4, 0.5) is 4.39 Å². The monoisotopic (exact) mass is 382 g/mol. The first-order chi connectivity index (χ1) is 12.2. The molecule has 0 unspecified atom stereocenters. The lowest BCUT2D eigenvalue weighted by Gasteiger charge is -2.26. The van der Waals surface area contributed by atoms with Gasteiger partial charge in [0.05, 0.1) is 17.3 Å². The number of carbonyl (C=O) groups is 1. The van der Waals surface area contributed by atoms with Crippen LogP contribution in [0.25, 0.3) is 0 Å². The number of nitrogens with zero attached hydrogens (tertiary/aromatic N) is 4. The van der Waals surface area contributed by atoms with Gasteiger partial charge in [-0.05, 0) is 39.7 Å². The van der Waals surface area contributed by atoms with Crippen LogP contribution in [0.2, 0.25) is 5.02 Å². The quantitative estimate of drug-likeness (QED) is 0.762. The van der Waals surface area contributed by atoms with Gasteiger partial charge in [0, 0.05) is 12.6 Å². The molecule has 0 bridgehead atoms. The second kappa shape index (κ2) is 6.83. The van der Waals surface area contributed by atoms with Crippen molar-refractivity contribution in [3.05, 3.63) is 45.1 Å². The molecule has 1 aliphatic rings. The zero-order chi connectivity index (χ0) is 19.1. The predicted molar refractivity (Wildman–Crippen MR) is 92.6 cm³/mol. The van der Waals surface area contributed by atoms with E-state index in [4.69, 9.17) is 16.3 Å². The molecule has 0 radical (unpaired) electrons. The second-order valence-corrected chi connectivity index (χ2v) is 7.69. The maximum absolute atomic E-state index is 14.0. The molecular weight excluding hydrogens is 363 g/mol. The number of aromatic nitrogens is 4. The summed E-state index contributed by atoms with van der Waals surface area (Å²) in [6, 6.07) is 0.413. The molecule has 0 amide bonds. The van der Waals surface area contributed by atoms with E-state index in [9.17, 15) is 14.0 Å². The molecule has 1 atom stereocenters. The van der Waals surface area contributed by atoms with Crippen LogP contribution >= 0.6 is 11.6 Å². The van der Waals surface area contributed by atoms with Crippen molar-refractivity contribution in [2.75, 3.05) is 0 Å². The molecule has 2 aromatic heterocycles. The van der Waals surface area contributed by atoms with Crippen molar-refractivity contribution in [1.82, 2.24) is 19.3 Å². The van der Waals surface area contributed by atoms with Crippen LogP contribution in [0.15, 0.2) is 17.1 Å². The van der Waals surface area contributed by atoms with E-state index in [2.05, 4.69) is 10.1 Å². The molecular formula is C17H20ClFN4O3. The second-order valence-electron chi connectivity index (χ2n) is 7.25. The molecule has 0 saturated carbocycles. The number of ether oxygens (including phenoxy) is 1. The number of esters is 1. The van der Waals surface area contributed by atoms with Crippen molar-refractivity contribution in [1.29, 1.82) is 0 Å². The van der Waals surface area contributed by atoms with Crippen molar-refractivity contribution < 1.29 is 13.9 Å². The smallest absolute Gasteiger partial charge is 0.347 e. The standard InChI is InChI=1S/C17H20ClFN4O3/c1-17(2,3)26-15(24)13-5-4-6-14-21-22(16(25)23(13)14)9-12-11(19)7-10(18)8-20-12/h7-8,13H,4-6,9H2,1-3H3/t13-/m0/s1. The molecule has 0 N–H and O–H groups in total. The third kappa shape index (κ3) is 3.80. The van der Waals surface area contributed by atoms with Crippen LogP contribution in [0.5, 0.6) is 0 Å². The minimum absolute atomic E-state index is 0.0563. The summed E-state index contributed by atoms with van der Waals surface area (Å²) in [6.07, 6.45) is 3.09. The van der Waals surface area contributed by atoms with E-state index in [1.807, 2.05) is 0 Å². The summed E-state index contributed by atoms with van der Waals surface area (Å²) in [5, 5.41) is 4.43. The van der Waals surface area contributed by atoms with Gasteiger partial charge in [-0.25, -0.2) is 18.7 Å². The van der Waals surface area contributed by atoms with Crippen molar-refractivity contribution in [2.45, 2.75) is 58.2 Å². The zero-order valence-corrected chi connectivity index (χ0v) is 15.6. The summed E-state index contributed by atoms with van der Waals surface area (Å²) in [6.45, 7) is 5.18.